The van der Waals surface area contributed by atoms with E-state index in [-0.39, 0.29) is 0 Å². The molecule has 1 aromatic carbocycles. The zero-order valence-electron chi connectivity index (χ0n) is 7.99. The lowest BCUT2D eigenvalue weighted by Crippen LogP contribution is -1.91. The number of hydrogen-bond donors (Lipinski definition) is 0. The molecule has 0 aliphatic heterocycles. The zero-order chi connectivity index (χ0) is 11.3. The monoisotopic (exact) mass is 333 g/mol. The van der Waals surface area contributed by atoms with Gasteiger partial charge in [0, 0.05) is 27.3 Å². The lowest BCUT2D eigenvalue weighted by Gasteiger charge is -2.09. The van der Waals surface area contributed by atoms with Gasteiger partial charge in [0.2, 0.25) is 0 Å². The van der Waals surface area contributed by atoms with E-state index >= 15 is 0 Å². The Balaban J connectivity index is 3.28. The molecular formula is C10H8INO2S. The normalized spacial score (nSPS) is 9.13. The first kappa shape index (κ1) is 12.2. The number of halogens is 1. The van der Waals surface area contributed by atoms with Crippen LogP contribution in [0.3, 0.4) is 0 Å². The molecule has 3 nitrogen and oxygen atoms in total. The molecule has 0 unspecified atom stereocenters. The molecule has 0 bridgehead atoms. The Morgan fingerprint density at radius 2 is 2.27 bits per heavy atom. The van der Waals surface area contributed by atoms with Crippen LogP contribution >= 0.6 is 30.4 Å². The SMILES string of the molecule is C=Cc1cc(OSI)c(OC)cc1C#N. The highest BCUT2D eigenvalue weighted by Crippen LogP contribution is 2.34. The lowest BCUT2D eigenvalue weighted by molar-refractivity contribution is 0.400. The molecule has 0 N–H and O–H groups in total. The van der Waals surface area contributed by atoms with Crippen molar-refractivity contribution in [3.8, 4) is 17.6 Å². The molecule has 0 heterocycles. The van der Waals surface area contributed by atoms with Crippen molar-refractivity contribution in [1.29, 1.82) is 5.26 Å². The van der Waals surface area contributed by atoms with Crippen LogP contribution in [0.25, 0.3) is 6.08 Å². The summed E-state index contributed by atoms with van der Waals surface area (Å²) < 4.78 is 10.4. The summed E-state index contributed by atoms with van der Waals surface area (Å²) in [6.45, 7) is 3.64. The van der Waals surface area contributed by atoms with Gasteiger partial charge in [-0.25, -0.2) is 0 Å². The molecule has 0 radical (unpaired) electrons. The van der Waals surface area contributed by atoms with Crippen molar-refractivity contribution in [2.24, 2.45) is 0 Å². The summed E-state index contributed by atoms with van der Waals surface area (Å²) in [5.74, 6) is 1.13. The maximum Gasteiger partial charge on any atom is 0.180 e. The summed E-state index contributed by atoms with van der Waals surface area (Å²) in [5.41, 5.74) is 1.26. The molecule has 1 rings (SSSR count). The van der Waals surface area contributed by atoms with Crippen molar-refractivity contribution >= 4 is 36.5 Å². The second-order valence-electron chi connectivity index (χ2n) is 2.55. The van der Waals surface area contributed by atoms with E-state index in [9.17, 15) is 0 Å². The molecule has 0 atom stereocenters. The average molecular weight is 333 g/mol. The highest BCUT2D eigenvalue weighted by molar-refractivity contribution is 14.2. The Hall–Kier alpha value is -0.870. The van der Waals surface area contributed by atoms with Crippen LogP contribution in [0.5, 0.6) is 11.5 Å². The smallest absolute Gasteiger partial charge is 0.180 e. The predicted octanol–water partition coefficient (Wildman–Crippen LogP) is 3.59. The molecule has 78 valence electrons. The van der Waals surface area contributed by atoms with Gasteiger partial charge < -0.3 is 8.92 Å². The van der Waals surface area contributed by atoms with E-state index in [1.165, 1.54) is 16.3 Å². The number of nitrogens with zero attached hydrogens (tertiary/aromatic N) is 1. The van der Waals surface area contributed by atoms with Crippen molar-refractivity contribution in [2.75, 3.05) is 7.11 Å². The summed E-state index contributed by atoms with van der Waals surface area (Å²) in [7, 11) is 2.73. The summed E-state index contributed by atoms with van der Waals surface area (Å²) in [4.78, 5) is 0. The third-order valence-electron chi connectivity index (χ3n) is 1.80. The third kappa shape index (κ3) is 2.79. The first-order valence-electron chi connectivity index (χ1n) is 3.96. The predicted molar refractivity (Wildman–Crippen MR) is 70.0 cm³/mol. The van der Waals surface area contributed by atoms with Crippen molar-refractivity contribution in [3.05, 3.63) is 29.8 Å². The van der Waals surface area contributed by atoms with Crippen molar-refractivity contribution in [1.82, 2.24) is 0 Å². The van der Waals surface area contributed by atoms with Gasteiger partial charge in [-0.05, 0) is 11.6 Å². The number of hydrogen-bond acceptors (Lipinski definition) is 4. The maximum atomic E-state index is 8.89. The number of ether oxygens (including phenoxy) is 1. The molecule has 0 aliphatic rings. The van der Waals surface area contributed by atoms with Gasteiger partial charge in [-0.1, -0.05) is 12.7 Å². The first-order chi connectivity index (χ1) is 7.26. The van der Waals surface area contributed by atoms with Crippen LogP contribution in [0, 0.1) is 11.3 Å². The van der Waals surface area contributed by atoms with E-state index in [2.05, 4.69) is 12.6 Å². The quantitative estimate of drug-likeness (QED) is 0.624. The van der Waals surface area contributed by atoms with Gasteiger partial charge in [-0.3, -0.25) is 0 Å². The molecule has 0 saturated heterocycles. The Kier molecular flexibility index (Phi) is 4.78. The Labute approximate surface area is 105 Å². The largest absolute Gasteiger partial charge is 0.493 e. The molecule has 1 aromatic rings. The van der Waals surface area contributed by atoms with Crippen LogP contribution in [0.4, 0.5) is 0 Å². The van der Waals surface area contributed by atoms with E-state index in [1.54, 1.807) is 18.2 Å². The fourth-order valence-electron chi connectivity index (χ4n) is 1.10. The highest BCUT2D eigenvalue weighted by Gasteiger charge is 2.09. The summed E-state index contributed by atoms with van der Waals surface area (Å²) >= 11 is 2.01. The van der Waals surface area contributed by atoms with Gasteiger partial charge in [-0.15, -0.1) is 0 Å². The van der Waals surface area contributed by atoms with E-state index in [0.717, 1.165) is 5.56 Å². The van der Waals surface area contributed by atoms with Gasteiger partial charge in [0.1, 0.15) is 9.21 Å². The van der Waals surface area contributed by atoms with Crippen LogP contribution < -0.4 is 8.92 Å². The van der Waals surface area contributed by atoms with Gasteiger partial charge >= 0.3 is 0 Å². The fourth-order valence-corrected chi connectivity index (χ4v) is 1.88. The van der Waals surface area contributed by atoms with Crippen LogP contribution in [0.15, 0.2) is 18.7 Å². The van der Waals surface area contributed by atoms with E-state index in [1.807, 2.05) is 21.2 Å². The first-order valence-corrected chi connectivity index (χ1v) is 7.25. The highest BCUT2D eigenvalue weighted by atomic mass is 127. The van der Waals surface area contributed by atoms with Gasteiger partial charge in [0.05, 0.1) is 18.7 Å². The number of benzene rings is 1. The molecule has 5 heteroatoms. The second-order valence-corrected chi connectivity index (χ2v) is 3.92. The molecule has 0 aliphatic carbocycles. The van der Waals surface area contributed by atoms with Gasteiger partial charge in [0.25, 0.3) is 0 Å². The average Bonchev–Trinajstić information content (AvgIpc) is 2.28. The van der Waals surface area contributed by atoms with Crippen molar-refractivity contribution in [3.63, 3.8) is 0 Å². The van der Waals surface area contributed by atoms with Crippen LogP contribution in [-0.2, 0) is 0 Å². The lowest BCUT2D eigenvalue weighted by atomic mass is 10.1. The minimum Gasteiger partial charge on any atom is -0.493 e. The van der Waals surface area contributed by atoms with Crippen LogP contribution in [0.1, 0.15) is 11.1 Å². The fraction of sp³-hybridized carbons (Fsp3) is 0.100. The van der Waals surface area contributed by atoms with Crippen LogP contribution in [-0.4, -0.2) is 7.11 Å². The third-order valence-corrected chi connectivity index (χ3v) is 2.58. The Morgan fingerprint density at radius 1 is 1.53 bits per heavy atom. The molecule has 0 aromatic heterocycles. The van der Waals surface area contributed by atoms with Gasteiger partial charge in [-0.2, -0.15) is 5.26 Å². The topological polar surface area (TPSA) is 42.2 Å². The molecule has 15 heavy (non-hydrogen) atoms. The zero-order valence-corrected chi connectivity index (χ0v) is 11.0. The summed E-state index contributed by atoms with van der Waals surface area (Å²) in [6, 6.07) is 5.45. The van der Waals surface area contributed by atoms with E-state index in [0.29, 0.717) is 17.1 Å². The summed E-state index contributed by atoms with van der Waals surface area (Å²) in [5, 5.41) is 8.89. The minimum absolute atomic E-state index is 0.521. The number of nitriles is 1. The maximum absolute atomic E-state index is 8.89. The standard InChI is InChI=1S/C10H8INO2S/c1-3-7-4-10(14-15-11)9(13-2)5-8(7)6-12/h3-5H,1H2,2H3. The molecule has 0 saturated carbocycles. The molecule has 0 spiro atoms. The molecular weight excluding hydrogens is 325 g/mol. The molecule has 0 fully saturated rings. The van der Waals surface area contributed by atoms with Gasteiger partial charge in [0.15, 0.2) is 11.5 Å². The van der Waals surface area contributed by atoms with Crippen LogP contribution in [0.2, 0.25) is 0 Å². The van der Waals surface area contributed by atoms with E-state index in [4.69, 9.17) is 14.2 Å². The minimum atomic E-state index is 0.521. The van der Waals surface area contributed by atoms with Crippen molar-refractivity contribution in [2.45, 2.75) is 0 Å². The second kappa shape index (κ2) is 5.88. The number of rotatable bonds is 4. The van der Waals surface area contributed by atoms with E-state index < -0.39 is 0 Å². The summed E-state index contributed by atoms with van der Waals surface area (Å²) in [6.07, 6.45) is 1.61. The molecule has 0 amide bonds. The Bertz CT molecular complexity index is 415. The van der Waals surface area contributed by atoms with Crippen molar-refractivity contribution < 1.29 is 8.92 Å². The Morgan fingerprint density at radius 3 is 2.73 bits per heavy atom. The number of methoxy groups -OCH3 is 1.